The van der Waals surface area contributed by atoms with E-state index in [1.807, 2.05) is 26.0 Å². The third-order valence-electron chi connectivity index (χ3n) is 2.64. The number of hydrogen-bond acceptors (Lipinski definition) is 2. The van der Waals surface area contributed by atoms with E-state index in [9.17, 15) is 5.11 Å². The number of aryl methyl sites for hydroxylation is 2. The van der Waals surface area contributed by atoms with Crippen LogP contribution in [0.5, 0.6) is 0 Å². The van der Waals surface area contributed by atoms with Crippen molar-refractivity contribution in [3.63, 3.8) is 0 Å². The van der Waals surface area contributed by atoms with Gasteiger partial charge in [0.1, 0.15) is 0 Å². The predicted octanol–water partition coefficient (Wildman–Crippen LogP) is 3.17. The molecule has 2 heteroatoms. The normalized spacial score (nSPS) is 13.2. The summed E-state index contributed by atoms with van der Waals surface area (Å²) in [6.45, 7) is 8.28. The molecule has 0 bridgehead atoms. The Bertz CT molecular complexity index is 320. The molecule has 1 unspecified atom stereocenters. The van der Waals surface area contributed by atoms with Crippen LogP contribution in [-0.2, 0) is 0 Å². The van der Waals surface area contributed by atoms with Crippen LogP contribution >= 0.6 is 0 Å². The van der Waals surface area contributed by atoms with Crippen molar-refractivity contribution >= 4 is 0 Å². The molecule has 2 nitrogen and oxygen atoms in total. The van der Waals surface area contributed by atoms with Crippen molar-refractivity contribution in [2.45, 2.75) is 46.6 Å². The van der Waals surface area contributed by atoms with Crippen LogP contribution in [0, 0.1) is 19.8 Å². The van der Waals surface area contributed by atoms with Crippen molar-refractivity contribution in [1.82, 2.24) is 4.98 Å². The number of pyridine rings is 1. The first-order valence-electron chi connectivity index (χ1n) is 5.63. The molecule has 1 rings (SSSR count). The van der Waals surface area contributed by atoms with Gasteiger partial charge in [0.15, 0.2) is 0 Å². The Morgan fingerprint density at radius 3 is 2.40 bits per heavy atom. The molecule has 0 amide bonds. The van der Waals surface area contributed by atoms with Crippen molar-refractivity contribution in [3.05, 3.63) is 29.1 Å². The molecule has 1 heterocycles. The number of aliphatic hydroxyl groups is 1. The number of hydrogen-bond donors (Lipinski definition) is 1. The number of aromatic nitrogens is 1. The lowest BCUT2D eigenvalue weighted by molar-refractivity contribution is 0.158. The fraction of sp³-hybridized carbons (Fsp3) is 0.615. The first-order chi connectivity index (χ1) is 7.00. The molecule has 0 radical (unpaired) electrons. The van der Waals surface area contributed by atoms with Crippen molar-refractivity contribution in [1.29, 1.82) is 0 Å². The van der Waals surface area contributed by atoms with Crippen LogP contribution < -0.4 is 0 Å². The maximum atomic E-state index is 10.0. The van der Waals surface area contributed by atoms with Gasteiger partial charge in [0.25, 0.3) is 0 Å². The van der Waals surface area contributed by atoms with Crippen LogP contribution in [0.15, 0.2) is 12.1 Å². The Hall–Kier alpha value is -0.890. The van der Waals surface area contributed by atoms with E-state index < -0.39 is 0 Å². The monoisotopic (exact) mass is 207 g/mol. The molecule has 1 aromatic rings. The molecular weight excluding hydrogens is 186 g/mol. The van der Waals surface area contributed by atoms with Gasteiger partial charge >= 0.3 is 0 Å². The summed E-state index contributed by atoms with van der Waals surface area (Å²) in [5.74, 6) is 0.637. The van der Waals surface area contributed by atoms with Gasteiger partial charge in [-0.15, -0.1) is 0 Å². The molecular formula is C13H21NO. The van der Waals surface area contributed by atoms with Gasteiger partial charge in [-0.25, -0.2) is 0 Å². The van der Waals surface area contributed by atoms with E-state index in [1.54, 1.807) is 0 Å². The van der Waals surface area contributed by atoms with E-state index in [0.717, 1.165) is 29.8 Å². The quantitative estimate of drug-likeness (QED) is 0.822. The summed E-state index contributed by atoms with van der Waals surface area (Å²) in [6, 6.07) is 3.95. The van der Waals surface area contributed by atoms with Crippen LogP contribution in [0.1, 0.15) is 49.7 Å². The fourth-order valence-electron chi connectivity index (χ4n) is 1.70. The van der Waals surface area contributed by atoms with Crippen LogP contribution in [0.3, 0.4) is 0 Å². The molecule has 84 valence electrons. The third kappa shape index (κ3) is 3.63. The van der Waals surface area contributed by atoms with Gasteiger partial charge in [0.05, 0.1) is 6.10 Å². The van der Waals surface area contributed by atoms with Gasteiger partial charge < -0.3 is 5.11 Å². The number of aliphatic hydroxyl groups excluding tert-OH is 1. The zero-order valence-corrected chi connectivity index (χ0v) is 10.1. The SMILES string of the molecule is Cc1ccc(C(O)CCC(C)C)c(C)n1. The molecule has 0 aromatic carbocycles. The minimum Gasteiger partial charge on any atom is -0.388 e. The van der Waals surface area contributed by atoms with Crippen LogP contribution in [0.25, 0.3) is 0 Å². The average molecular weight is 207 g/mol. The van der Waals surface area contributed by atoms with E-state index in [0.29, 0.717) is 5.92 Å². The van der Waals surface area contributed by atoms with E-state index in [-0.39, 0.29) is 6.10 Å². The molecule has 0 saturated heterocycles. The van der Waals surface area contributed by atoms with E-state index >= 15 is 0 Å². The standard InChI is InChI=1S/C13H21NO/c1-9(2)5-8-13(15)12-7-6-10(3)14-11(12)4/h6-7,9,13,15H,5,8H2,1-4H3. The van der Waals surface area contributed by atoms with Crippen molar-refractivity contribution in [3.8, 4) is 0 Å². The lowest BCUT2D eigenvalue weighted by atomic mass is 9.99. The van der Waals surface area contributed by atoms with Gasteiger partial charge in [-0.3, -0.25) is 4.98 Å². The summed E-state index contributed by atoms with van der Waals surface area (Å²) in [7, 11) is 0. The summed E-state index contributed by atoms with van der Waals surface area (Å²) < 4.78 is 0. The predicted molar refractivity (Wildman–Crippen MR) is 62.7 cm³/mol. The molecule has 1 atom stereocenters. The highest BCUT2D eigenvalue weighted by molar-refractivity contribution is 5.23. The minimum absolute atomic E-state index is 0.361. The third-order valence-corrected chi connectivity index (χ3v) is 2.64. The Balaban J connectivity index is 2.69. The molecule has 0 saturated carbocycles. The van der Waals surface area contributed by atoms with E-state index in [2.05, 4.69) is 18.8 Å². The lowest BCUT2D eigenvalue weighted by Gasteiger charge is -2.14. The smallest absolute Gasteiger partial charge is 0.0807 e. The highest BCUT2D eigenvalue weighted by atomic mass is 16.3. The molecule has 0 aliphatic rings. The Labute approximate surface area is 92.4 Å². The van der Waals surface area contributed by atoms with Crippen molar-refractivity contribution in [2.75, 3.05) is 0 Å². The first kappa shape index (κ1) is 12.2. The maximum absolute atomic E-state index is 10.0. The van der Waals surface area contributed by atoms with Gasteiger partial charge in [-0.1, -0.05) is 19.9 Å². The second-order valence-corrected chi connectivity index (χ2v) is 4.61. The summed E-state index contributed by atoms with van der Waals surface area (Å²) in [4.78, 5) is 4.36. The van der Waals surface area contributed by atoms with Gasteiger partial charge in [-0.2, -0.15) is 0 Å². The summed E-state index contributed by atoms with van der Waals surface area (Å²) in [5.41, 5.74) is 2.93. The second kappa shape index (κ2) is 5.26. The van der Waals surface area contributed by atoms with Gasteiger partial charge in [-0.05, 0) is 38.7 Å². The number of nitrogens with zero attached hydrogens (tertiary/aromatic N) is 1. The zero-order chi connectivity index (χ0) is 11.4. The van der Waals surface area contributed by atoms with Crippen molar-refractivity contribution in [2.24, 2.45) is 5.92 Å². The largest absolute Gasteiger partial charge is 0.388 e. The average Bonchev–Trinajstić information content (AvgIpc) is 2.14. The lowest BCUT2D eigenvalue weighted by Crippen LogP contribution is -2.04. The highest BCUT2D eigenvalue weighted by Crippen LogP contribution is 2.22. The fourth-order valence-corrected chi connectivity index (χ4v) is 1.70. The number of rotatable bonds is 4. The second-order valence-electron chi connectivity index (χ2n) is 4.61. The molecule has 0 aliphatic heterocycles. The summed E-state index contributed by atoms with van der Waals surface area (Å²) in [6.07, 6.45) is 1.51. The van der Waals surface area contributed by atoms with E-state index in [1.165, 1.54) is 0 Å². The van der Waals surface area contributed by atoms with Crippen LogP contribution in [0.2, 0.25) is 0 Å². The van der Waals surface area contributed by atoms with Crippen molar-refractivity contribution < 1.29 is 5.11 Å². The first-order valence-corrected chi connectivity index (χ1v) is 5.63. The summed E-state index contributed by atoms with van der Waals surface area (Å²) in [5, 5.41) is 10.0. The molecule has 0 aliphatic carbocycles. The highest BCUT2D eigenvalue weighted by Gasteiger charge is 2.11. The molecule has 15 heavy (non-hydrogen) atoms. The van der Waals surface area contributed by atoms with Crippen LogP contribution in [-0.4, -0.2) is 10.1 Å². The maximum Gasteiger partial charge on any atom is 0.0807 e. The summed E-state index contributed by atoms with van der Waals surface area (Å²) >= 11 is 0. The minimum atomic E-state index is -0.361. The zero-order valence-electron chi connectivity index (χ0n) is 10.1. The topological polar surface area (TPSA) is 33.1 Å². The van der Waals surface area contributed by atoms with Gasteiger partial charge in [0.2, 0.25) is 0 Å². The van der Waals surface area contributed by atoms with Gasteiger partial charge in [0, 0.05) is 17.0 Å². The Kier molecular flexibility index (Phi) is 4.28. The molecule has 1 aromatic heterocycles. The van der Waals surface area contributed by atoms with Crippen LogP contribution in [0.4, 0.5) is 0 Å². The van der Waals surface area contributed by atoms with E-state index in [4.69, 9.17) is 0 Å². The molecule has 1 N–H and O–H groups in total. The molecule has 0 spiro atoms. The Morgan fingerprint density at radius 2 is 1.87 bits per heavy atom. The Morgan fingerprint density at radius 1 is 1.20 bits per heavy atom. The molecule has 0 fully saturated rings.